The second-order valence-electron chi connectivity index (χ2n) is 7.27. The molecule has 1 fully saturated rings. The SMILES string of the molecule is CN(C(=O)Oc1ccc2c(c1)CCN2Cc1ccccc1)C1CCOCC1. The van der Waals surface area contributed by atoms with E-state index in [4.69, 9.17) is 9.47 Å². The van der Waals surface area contributed by atoms with E-state index in [2.05, 4.69) is 35.2 Å². The highest BCUT2D eigenvalue weighted by Crippen LogP contribution is 2.32. The van der Waals surface area contributed by atoms with Crippen molar-refractivity contribution in [1.29, 1.82) is 0 Å². The minimum Gasteiger partial charge on any atom is -0.410 e. The highest BCUT2D eigenvalue weighted by Gasteiger charge is 2.25. The number of anilines is 1. The Hall–Kier alpha value is -2.53. The van der Waals surface area contributed by atoms with Crippen LogP contribution in [0.4, 0.5) is 10.5 Å². The molecule has 1 saturated heterocycles. The maximum absolute atomic E-state index is 12.5. The Bertz CT molecular complexity index is 787. The van der Waals surface area contributed by atoms with Gasteiger partial charge in [0.25, 0.3) is 0 Å². The van der Waals surface area contributed by atoms with Crippen molar-refractivity contribution >= 4 is 11.8 Å². The lowest BCUT2D eigenvalue weighted by Gasteiger charge is -2.30. The zero-order chi connectivity index (χ0) is 18.6. The molecule has 2 aliphatic rings. The summed E-state index contributed by atoms with van der Waals surface area (Å²) >= 11 is 0. The number of fused-ring (bicyclic) bond motifs is 1. The number of hydrogen-bond donors (Lipinski definition) is 0. The molecule has 0 spiro atoms. The fraction of sp³-hybridized carbons (Fsp3) is 0.409. The average molecular weight is 366 g/mol. The van der Waals surface area contributed by atoms with Crippen molar-refractivity contribution in [3.05, 3.63) is 59.7 Å². The summed E-state index contributed by atoms with van der Waals surface area (Å²) < 4.78 is 11.0. The average Bonchev–Trinajstić information content (AvgIpc) is 3.11. The summed E-state index contributed by atoms with van der Waals surface area (Å²) in [5.41, 5.74) is 3.78. The van der Waals surface area contributed by atoms with Gasteiger partial charge in [0.05, 0.1) is 0 Å². The monoisotopic (exact) mass is 366 g/mol. The maximum atomic E-state index is 12.5. The molecule has 0 aromatic heterocycles. The van der Waals surface area contributed by atoms with E-state index in [1.165, 1.54) is 16.8 Å². The second-order valence-corrected chi connectivity index (χ2v) is 7.27. The summed E-state index contributed by atoms with van der Waals surface area (Å²) in [5, 5.41) is 0. The van der Waals surface area contributed by atoms with Gasteiger partial charge < -0.3 is 19.3 Å². The number of benzene rings is 2. The third-order valence-corrected chi connectivity index (χ3v) is 5.49. The fourth-order valence-corrected chi connectivity index (χ4v) is 3.87. The van der Waals surface area contributed by atoms with Crippen molar-refractivity contribution in [2.75, 3.05) is 31.7 Å². The molecule has 4 rings (SSSR count). The van der Waals surface area contributed by atoms with E-state index < -0.39 is 0 Å². The first-order valence-corrected chi connectivity index (χ1v) is 9.65. The molecule has 0 saturated carbocycles. The van der Waals surface area contributed by atoms with Crippen molar-refractivity contribution in [2.24, 2.45) is 0 Å². The van der Waals surface area contributed by atoms with Crippen LogP contribution in [0, 0.1) is 0 Å². The summed E-state index contributed by atoms with van der Waals surface area (Å²) in [7, 11) is 1.81. The quantitative estimate of drug-likeness (QED) is 0.824. The molecule has 0 unspecified atom stereocenters. The van der Waals surface area contributed by atoms with Crippen molar-refractivity contribution in [3.63, 3.8) is 0 Å². The van der Waals surface area contributed by atoms with Crippen LogP contribution in [0.15, 0.2) is 48.5 Å². The van der Waals surface area contributed by atoms with E-state index >= 15 is 0 Å². The molecule has 0 atom stereocenters. The van der Waals surface area contributed by atoms with Crippen LogP contribution in [0.5, 0.6) is 5.75 Å². The lowest BCUT2D eigenvalue weighted by molar-refractivity contribution is 0.0454. The third kappa shape index (κ3) is 4.08. The minimum absolute atomic E-state index is 0.196. The highest BCUT2D eigenvalue weighted by atomic mass is 16.6. The highest BCUT2D eigenvalue weighted by molar-refractivity contribution is 5.71. The normalized spacial score (nSPS) is 16.9. The molecule has 27 heavy (non-hydrogen) atoms. The predicted molar refractivity (Wildman–Crippen MR) is 105 cm³/mol. The molecular weight excluding hydrogens is 340 g/mol. The number of nitrogens with zero attached hydrogens (tertiary/aromatic N) is 2. The first-order valence-electron chi connectivity index (χ1n) is 9.65. The predicted octanol–water partition coefficient (Wildman–Crippen LogP) is 3.86. The topological polar surface area (TPSA) is 42.0 Å². The van der Waals surface area contributed by atoms with Gasteiger partial charge in [0.1, 0.15) is 5.75 Å². The number of carbonyl (C=O) groups is 1. The van der Waals surface area contributed by atoms with Gasteiger partial charge in [-0.3, -0.25) is 0 Å². The third-order valence-electron chi connectivity index (χ3n) is 5.49. The standard InChI is InChI=1S/C22H26N2O3/c1-23(19-10-13-26-14-11-19)22(25)27-20-7-8-21-18(15-20)9-12-24(21)16-17-5-3-2-4-6-17/h2-8,15,19H,9-14,16H2,1H3. The minimum atomic E-state index is -0.291. The first-order chi connectivity index (χ1) is 13.2. The van der Waals surface area contributed by atoms with Gasteiger partial charge >= 0.3 is 6.09 Å². The maximum Gasteiger partial charge on any atom is 0.415 e. The smallest absolute Gasteiger partial charge is 0.410 e. The van der Waals surface area contributed by atoms with Gasteiger partial charge in [-0.25, -0.2) is 4.79 Å². The molecular formula is C22H26N2O3. The Morgan fingerprint density at radius 3 is 2.74 bits per heavy atom. The zero-order valence-corrected chi connectivity index (χ0v) is 15.8. The summed E-state index contributed by atoms with van der Waals surface area (Å²) in [6, 6.07) is 16.7. The van der Waals surface area contributed by atoms with E-state index in [0.717, 1.165) is 32.4 Å². The molecule has 0 N–H and O–H groups in total. The molecule has 0 aliphatic carbocycles. The molecule has 1 amide bonds. The fourth-order valence-electron chi connectivity index (χ4n) is 3.87. The van der Waals surface area contributed by atoms with Gasteiger partial charge in [-0.15, -0.1) is 0 Å². The lowest BCUT2D eigenvalue weighted by atomic mass is 10.1. The number of hydrogen-bond acceptors (Lipinski definition) is 4. The lowest BCUT2D eigenvalue weighted by Crippen LogP contribution is -2.42. The van der Waals surface area contributed by atoms with E-state index in [1.54, 1.807) is 4.90 Å². The summed E-state index contributed by atoms with van der Waals surface area (Å²) in [5.74, 6) is 0.624. The Morgan fingerprint density at radius 1 is 1.19 bits per heavy atom. The van der Waals surface area contributed by atoms with Gasteiger partial charge in [-0.2, -0.15) is 0 Å². The number of carbonyl (C=O) groups excluding carboxylic acids is 1. The van der Waals surface area contributed by atoms with Crippen LogP contribution in [-0.2, 0) is 17.7 Å². The number of ether oxygens (including phenoxy) is 2. The molecule has 142 valence electrons. The first kappa shape index (κ1) is 17.9. The van der Waals surface area contributed by atoms with Gasteiger partial charge in [-0.1, -0.05) is 30.3 Å². The van der Waals surface area contributed by atoms with Crippen LogP contribution in [0.1, 0.15) is 24.0 Å². The van der Waals surface area contributed by atoms with Crippen LogP contribution in [0.25, 0.3) is 0 Å². The van der Waals surface area contributed by atoms with Crippen molar-refractivity contribution < 1.29 is 14.3 Å². The molecule has 2 aliphatic heterocycles. The van der Waals surface area contributed by atoms with Crippen LogP contribution in [0.3, 0.4) is 0 Å². The van der Waals surface area contributed by atoms with Crippen molar-refractivity contribution in [1.82, 2.24) is 4.90 Å². The zero-order valence-electron chi connectivity index (χ0n) is 15.8. The number of rotatable bonds is 4. The molecule has 0 bridgehead atoms. The van der Waals surface area contributed by atoms with E-state index in [0.29, 0.717) is 19.0 Å². The molecule has 2 aromatic carbocycles. The Morgan fingerprint density at radius 2 is 1.96 bits per heavy atom. The number of amides is 1. The van der Waals surface area contributed by atoms with Crippen molar-refractivity contribution in [2.45, 2.75) is 31.8 Å². The Balaban J connectivity index is 1.40. The van der Waals surface area contributed by atoms with E-state index in [-0.39, 0.29) is 12.1 Å². The summed E-state index contributed by atoms with van der Waals surface area (Å²) in [6.45, 7) is 3.31. The van der Waals surface area contributed by atoms with Gasteiger partial charge in [0, 0.05) is 45.1 Å². The molecule has 2 aromatic rings. The van der Waals surface area contributed by atoms with Crippen LogP contribution >= 0.6 is 0 Å². The molecule has 5 nitrogen and oxygen atoms in total. The van der Waals surface area contributed by atoms with Crippen LogP contribution < -0.4 is 9.64 Å². The molecule has 5 heteroatoms. The largest absolute Gasteiger partial charge is 0.415 e. The van der Waals surface area contributed by atoms with Crippen LogP contribution in [-0.4, -0.2) is 43.8 Å². The second kappa shape index (κ2) is 8.01. The van der Waals surface area contributed by atoms with E-state index in [1.807, 2.05) is 25.2 Å². The van der Waals surface area contributed by atoms with E-state index in [9.17, 15) is 4.79 Å². The summed E-state index contributed by atoms with van der Waals surface area (Å²) in [4.78, 5) is 16.6. The molecule has 2 heterocycles. The van der Waals surface area contributed by atoms with Gasteiger partial charge in [0.15, 0.2) is 0 Å². The van der Waals surface area contributed by atoms with Crippen molar-refractivity contribution in [3.8, 4) is 5.75 Å². The van der Waals surface area contributed by atoms with Crippen LogP contribution in [0.2, 0.25) is 0 Å². The Labute approximate surface area is 160 Å². The summed E-state index contributed by atoms with van der Waals surface area (Å²) in [6.07, 6.45) is 2.42. The molecule has 0 radical (unpaired) electrons. The van der Waals surface area contributed by atoms with Gasteiger partial charge in [0.2, 0.25) is 0 Å². The van der Waals surface area contributed by atoms with Gasteiger partial charge in [-0.05, 0) is 48.6 Å². The Kier molecular flexibility index (Phi) is 5.30.